The van der Waals surface area contributed by atoms with Crippen LogP contribution in [0, 0.1) is 0 Å². The van der Waals surface area contributed by atoms with Crippen LogP contribution in [-0.4, -0.2) is 67.2 Å². The standard InChI is InChI=1S/C120H102O23/c1-83(121)139-120-115(143-119(125)99-68-106(132-76-90-50-26-8-27-51-90)112(137-81-95-60-36-13-37-61-95)107(69-99)133-77-91-52-28-9-29-53-91)114(142-118(124)98-66-104(130-74-88-46-22-6-23-47-88)111(136-80-94-58-34-12-35-59-94)105(67-98)131-75-89-48-24-7-25-49-89)113(141-117(123)97-64-102(128-72-86-42-18-4-19-43-86)110(135-79-93-56-32-11-33-57-93)103(65-97)129-73-87-44-20-5-21-45-87)108(140-120)82-138-116(122)96-62-100(126-70-84-38-14-2-15-39-84)109(134-78-92-54-30-10-31-55-92)101(63-96)127-71-85-40-16-3-17-41-85/h2-69,108,113-115,120H,70-82H2,1H3/t108?,113-,114?,115-,120+/m1/s1. The summed E-state index contributed by atoms with van der Waals surface area (Å²) in [6.07, 6.45) is -10.7. The average Bonchev–Trinajstić information content (AvgIpc) is 0.764. The summed E-state index contributed by atoms with van der Waals surface area (Å²) in [5, 5.41) is 0. The predicted octanol–water partition coefficient (Wildman–Crippen LogP) is 23.8. The number of ether oxygens (including phenoxy) is 18. The van der Waals surface area contributed by atoms with Gasteiger partial charge in [0.05, 0.1) is 22.3 Å². The van der Waals surface area contributed by atoms with E-state index in [1.54, 1.807) is 0 Å². The molecule has 0 aromatic heterocycles. The van der Waals surface area contributed by atoms with Gasteiger partial charge in [0, 0.05) is 6.92 Å². The molecule has 23 heteroatoms. The maximum absolute atomic E-state index is 16.8. The Bertz CT molecular complexity index is 6550. The molecule has 0 amide bonds. The number of carbonyl (C=O) groups is 5. The highest BCUT2D eigenvalue weighted by Crippen LogP contribution is 2.47. The summed E-state index contributed by atoms with van der Waals surface area (Å²) in [4.78, 5) is 80.2. The molecule has 0 saturated carbocycles. The van der Waals surface area contributed by atoms with E-state index in [4.69, 9.17) is 85.3 Å². The smallest absolute Gasteiger partial charge is 0.339 e. The van der Waals surface area contributed by atoms with Gasteiger partial charge < -0.3 is 85.3 Å². The van der Waals surface area contributed by atoms with E-state index in [0.29, 0.717) is 0 Å². The van der Waals surface area contributed by atoms with Crippen molar-refractivity contribution in [3.63, 3.8) is 0 Å². The fraction of sp³-hybridized carbons (Fsp3) is 0.158. The summed E-state index contributed by atoms with van der Waals surface area (Å²) >= 11 is 0. The van der Waals surface area contributed by atoms with Crippen LogP contribution in [0.2, 0.25) is 0 Å². The summed E-state index contributed by atoms with van der Waals surface area (Å²) in [6.45, 7) is -0.181. The molecule has 0 aliphatic carbocycles. The lowest BCUT2D eigenvalue weighted by Crippen LogP contribution is -2.63. The molecule has 0 radical (unpaired) electrons. The summed E-state index contributed by atoms with van der Waals surface area (Å²) in [5.74, 6) is -5.08. The van der Waals surface area contributed by atoms with Gasteiger partial charge in [-0.3, -0.25) is 4.79 Å². The molecule has 720 valence electrons. The van der Waals surface area contributed by atoms with Crippen molar-refractivity contribution in [2.24, 2.45) is 0 Å². The molecule has 16 aromatic carbocycles. The van der Waals surface area contributed by atoms with Crippen molar-refractivity contribution < 1.29 is 109 Å². The zero-order valence-electron chi connectivity index (χ0n) is 78.2. The van der Waals surface area contributed by atoms with E-state index in [-0.39, 0.29) is 171 Å². The Morgan fingerprint density at radius 3 is 0.559 bits per heavy atom. The predicted molar refractivity (Wildman–Crippen MR) is 533 cm³/mol. The van der Waals surface area contributed by atoms with Crippen molar-refractivity contribution in [2.75, 3.05) is 6.61 Å². The number of hydrogen-bond acceptors (Lipinski definition) is 23. The highest BCUT2D eigenvalue weighted by molar-refractivity contribution is 5.94. The van der Waals surface area contributed by atoms with E-state index >= 15 is 19.2 Å². The fourth-order valence-corrected chi connectivity index (χ4v) is 15.5. The third-order valence-corrected chi connectivity index (χ3v) is 22.8. The first-order chi connectivity index (χ1) is 70.3. The first-order valence-corrected chi connectivity index (χ1v) is 46.7. The monoisotopic (exact) mass is 1910 g/mol. The quantitative estimate of drug-likeness (QED) is 0.0254. The highest BCUT2D eigenvalue weighted by Gasteiger charge is 2.55. The van der Waals surface area contributed by atoms with Crippen molar-refractivity contribution in [3.05, 3.63) is 502 Å². The maximum Gasteiger partial charge on any atom is 0.339 e. The summed E-state index contributed by atoms with van der Waals surface area (Å²) in [6, 6.07) is 124. The lowest BCUT2D eigenvalue weighted by atomic mass is 9.97. The Morgan fingerprint density at radius 1 is 0.203 bits per heavy atom. The van der Waals surface area contributed by atoms with E-state index in [2.05, 4.69) is 0 Å². The van der Waals surface area contributed by atoms with Crippen LogP contribution in [0.5, 0.6) is 69.0 Å². The Hall–Kier alpha value is -17.6. The van der Waals surface area contributed by atoms with Gasteiger partial charge in [0.2, 0.25) is 35.4 Å². The molecule has 17 rings (SSSR count). The van der Waals surface area contributed by atoms with Gasteiger partial charge in [0.15, 0.2) is 58.2 Å². The molecule has 23 nitrogen and oxygen atoms in total. The molecule has 0 N–H and O–H groups in total. The highest BCUT2D eigenvalue weighted by atomic mass is 16.7. The Kier molecular flexibility index (Phi) is 33.7. The van der Waals surface area contributed by atoms with E-state index in [9.17, 15) is 4.79 Å². The van der Waals surface area contributed by atoms with Gasteiger partial charge in [0.25, 0.3) is 0 Å². The SMILES string of the molecule is CC(=O)O[C@H]1OC(COC(=O)c2cc(OCc3ccccc3)c(OCc3ccccc3)c(OCc3ccccc3)c2)[C@@H](OC(=O)c2cc(OCc3ccccc3)c(OCc3ccccc3)c(OCc3ccccc3)c2)C(OC(=O)c2cc(OCc3ccccc3)c(OCc3ccccc3)c(OCc3ccccc3)c2)[C@H]1OC(=O)c1cc(OCc2ccccc2)c(OCc2ccccc2)c(OCc2ccccc2)c1. The normalized spacial score (nSPS) is 14.0. The van der Waals surface area contributed by atoms with Crippen molar-refractivity contribution in [1.82, 2.24) is 0 Å². The fourth-order valence-electron chi connectivity index (χ4n) is 15.5. The van der Waals surface area contributed by atoms with Crippen LogP contribution in [0.1, 0.15) is 115 Å². The molecule has 1 saturated heterocycles. The summed E-state index contributed by atoms with van der Waals surface area (Å²) < 4.78 is 121. The third-order valence-electron chi connectivity index (χ3n) is 22.8. The minimum atomic E-state index is -2.24. The molecule has 0 bridgehead atoms. The molecule has 2 unspecified atom stereocenters. The topological polar surface area (TPSA) is 251 Å². The summed E-state index contributed by atoms with van der Waals surface area (Å²) in [7, 11) is 0. The molecule has 1 aliphatic rings. The molecule has 1 heterocycles. The number of rotatable bonds is 46. The molecular formula is C120H102O23. The van der Waals surface area contributed by atoms with Crippen LogP contribution in [0.25, 0.3) is 0 Å². The second-order valence-electron chi connectivity index (χ2n) is 33.4. The van der Waals surface area contributed by atoms with E-state index in [0.717, 1.165) is 73.7 Å². The van der Waals surface area contributed by atoms with E-state index < -0.39 is 67.2 Å². The van der Waals surface area contributed by atoms with Crippen molar-refractivity contribution in [3.8, 4) is 69.0 Å². The van der Waals surface area contributed by atoms with Crippen LogP contribution in [0.4, 0.5) is 0 Å². The largest absolute Gasteiger partial charge is 0.485 e. The molecule has 16 aromatic rings. The molecule has 1 aliphatic heterocycles. The van der Waals surface area contributed by atoms with E-state index in [1.165, 1.54) is 48.5 Å². The van der Waals surface area contributed by atoms with Gasteiger partial charge in [-0.15, -0.1) is 0 Å². The van der Waals surface area contributed by atoms with Gasteiger partial charge in [0.1, 0.15) is 92.0 Å². The number of hydrogen-bond donors (Lipinski definition) is 0. The van der Waals surface area contributed by atoms with Crippen LogP contribution < -0.4 is 56.8 Å². The average molecular weight is 1910 g/mol. The number of benzene rings is 16. The number of esters is 5. The van der Waals surface area contributed by atoms with Crippen LogP contribution in [0.3, 0.4) is 0 Å². The zero-order valence-corrected chi connectivity index (χ0v) is 78.2. The number of carbonyl (C=O) groups excluding carboxylic acids is 5. The molecule has 143 heavy (non-hydrogen) atoms. The van der Waals surface area contributed by atoms with Crippen molar-refractivity contribution in [1.29, 1.82) is 0 Å². The van der Waals surface area contributed by atoms with Gasteiger partial charge in [-0.1, -0.05) is 364 Å². The second kappa shape index (κ2) is 49.6. The molecule has 1 fully saturated rings. The lowest BCUT2D eigenvalue weighted by molar-refractivity contribution is -0.289. The van der Waals surface area contributed by atoms with Crippen LogP contribution in [-0.2, 0) is 112 Å². The van der Waals surface area contributed by atoms with Gasteiger partial charge in [-0.25, -0.2) is 19.2 Å². The molecule has 0 spiro atoms. The Labute approximate surface area is 828 Å². The lowest BCUT2D eigenvalue weighted by Gasteiger charge is -2.43. The zero-order chi connectivity index (χ0) is 97.9. The molecule has 5 atom stereocenters. The summed E-state index contributed by atoms with van der Waals surface area (Å²) in [5.41, 5.74) is 8.17. The van der Waals surface area contributed by atoms with Crippen LogP contribution in [0.15, 0.2) is 413 Å². The first kappa shape index (κ1) is 97.1. The maximum atomic E-state index is 16.8. The Morgan fingerprint density at radius 2 is 0.371 bits per heavy atom. The van der Waals surface area contributed by atoms with Crippen molar-refractivity contribution >= 4 is 29.8 Å². The van der Waals surface area contributed by atoms with Crippen LogP contribution >= 0.6 is 0 Å². The third kappa shape index (κ3) is 27.7. The minimum Gasteiger partial charge on any atom is -0.485 e. The molecular weight excluding hydrogens is 1810 g/mol. The first-order valence-electron chi connectivity index (χ1n) is 46.7. The van der Waals surface area contributed by atoms with Gasteiger partial charge in [-0.05, 0) is 115 Å². The van der Waals surface area contributed by atoms with Gasteiger partial charge >= 0.3 is 29.8 Å². The van der Waals surface area contributed by atoms with Gasteiger partial charge in [-0.2, -0.15) is 0 Å². The van der Waals surface area contributed by atoms with Crippen molar-refractivity contribution in [2.45, 2.75) is 117 Å². The Balaban J connectivity index is 0.837. The minimum absolute atomic E-state index is 0.000571. The second-order valence-corrected chi connectivity index (χ2v) is 33.4. The van der Waals surface area contributed by atoms with E-state index in [1.807, 2.05) is 364 Å².